The lowest BCUT2D eigenvalue weighted by molar-refractivity contribution is -0.0839. The number of hydrogen-bond donors (Lipinski definition) is 1. The number of nitrogens with zero attached hydrogens (tertiary/aromatic N) is 1. The summed E-state index contributed by atoms with van der Waals surface area (Å²) in [7, 11) is 0. The van der Waals surface area contributed by atoms with Crippen molar-refractivity contribution < 1.29 is 4.74 Å². The van der Waals surface area contributed by atoms with Crippen LogP contribution in [-0.4, -0.2) is 16.6 Å². The van der Waals surface area contributed by atoms with Crippen molar-refractivity contribution >= 4 is 0 Å². The number of H-pyrrole nitrogens is 1. The third-order valence-electron chi connectivity index (χ3n) is 4.33. The van der Waals surface area contributed by atoms with Crippen LogP contribution in [-0.2, 0) is 10.3 Å². The van der Waals surface area contributed by atoms with Crippen LogP contribution < -0.4 is 5.56 Å². The molecular weight excluding hydrogens is 240 g/mol. The molecule has 19 heavy (non-hydrogen) atoms. The van der Waals surface area contributed by atoms with E-state index in [2.05, 4.69) is 16.9 Å². The van der Waals surface area contributed by atoms with Gasteiger partial charge in [-0.15, -0.1) is 0 Å². The summed E-state index contributed by atoms with van der Waals surface area (Å²) in [5.41, 5.74) is 1.06. The lowest BCUT2D eigenvalue weighted by Gasteiger charge is -2.38. The summed E-state index contributed by atoms with van der Waals surface area (Å²) in [4.78, 5) is 19.5. The Bertz CT molecular complexity index is 499. The second-order valence-electron chi connectivity index (χ2n) is 5.73. The largest absolute Gasteiger partial charge is 0.367 e. The molecule has 0 unspecified atom stereocenters. The quantitative estimate of drug-likeness (QED) is 0.913. The Morgan fingerprint density at radius 2 is 2.00 bits per heavy atom. The normalized spacial score (nSPS) is 27.5. The zero-order valence-electron chi connectivity index (χ0n) is 12.4. The molecule has 1 saturated carbocycles. The van der Waals surface area contributed by atoms with E-state index in [1.54, 1.807) is 6.92 Å². The molecule has 1 heterocycles. The lowest BCUT2D eigenvalue weighted by atomic mass is 9.78. The Kier molecular flexibility index (Phi) is 4.09. The fourth-order valence-electron chi connectivity index (χ4n) is 2.82. The van der Waals surface area contributed by atoms with Crippen molar-refractivity contribution in [3.05, 3.63) is 27.4 Å². The second-order valence-corrected chi connectivity index (χ2v) is 5.73. The summed E-state index contributed by atoms with van der Waals surface area (Å²) in [6.07, 6.45) is 4.12. The van der Waals surface area contributed by atoms with E-state index in [0.717, 1.165) is 37.3 Å². The van der Waals surface area contributed by atoms with Gasteiger partial charge in [-0.05, 0) is 52.4 Å². The van der Waals surface area contributed by atoms with E-state index < -0.39 is 0 Å². The van der Waals surface area contributed by atoms with Crippen LogP contribution in [0.1, 0.15) is 56.6 Å². The molecule has 1 aliphatic carbocycles. The van der Waals surface area contributed by atoms with Crippen molar-refractivity contribution in [1.29, 1.82) is 0 Å². The van der Waals surface area contributed by atoms with E-state index in [1.807, 2.05) is 13.8 Å². The molecule has 0 atom stereocenters. The predicted octanol–water partition coefficient (Wildman–Crippen LogP) is 2.83. The van der Waals surface area contributed by atoms with E-state index >= 15 is 0 Å². The van der Waals surface area contributed by atoms with E-state index in [4.69, 9.17) is 4.74 Å². The van der Waals surface area contributed by atoms with Gasteiger partial charge in [0.05, 0.1) is 0 Å². The van der Waals surface area contributed by atoms with Crippen LogP contribution in [0.2, 0.25) is 0 Å². The van der Waals surface area contributed by atoms with Gasteiger partial charge in [0, 0.05) is 17.9 Å². The van der Waals surface area contributed by atoms with E-state index in [0.29, 0.717) is 18.0 Å². The maximum atomic E-state index is 12.0. The molecule has 1 aliphatic rings. The molecule has 1 aromatic rings. The first-order valence-corrected chi connectivity index (χ1v) is 7.20. The monoisotopic (exact) mass is 264 g/mol. The topological polar surface area (TPSA) is 55.0 Å². The Hall–Kier alpha value is -1.16. The average molecular weight is 264 g/mol. The van der Waals surface area contributed by atoms with Crippen molar-refractivity contribution in [2.24, 2.45) is 5.92 Å². The number of hydrogen-bond acceptors (Lipinski definition) is 3. The molecule has 0 aliphatic heterocycles. The molecular formula is C15H24N2O2. The molecule has 0 spiro atoms. The molecule has 0 amide bonds. The van der Waals surface area contributed by atoms with Crippen LogP contribution in [0.4, 0.5) is 0 Å². The third-order valence-corrected chi connectivity index (χ3v) is 4.33. The standard InChI is InChI=1S/C15H24N2O2/c1-5-19-15(8-6-10(2)7-9-15)14-16-12(4)11(3)13(18)17-14/h10H,5-9H2,1-4H3,(H,16,17,18). The molecule has 1 N–H and O–H groups in total. The van der Waals surface area contributed by atoms with Crippen LogP contribution in [0.25, 0.3) is 0 Å². The minimum atomic E-state index is -0.390. The fraction of sp³-hybridized carbons (Fsp3) is 0.733. The first-order chi connectivity index (χ1) is 8.98. The second kappa shape index (κ2) is 5.45. The van der Waals surface area contributed by atoms with Crippen LogP contribution in [0.3, 0.4) is 0 Å². The molecule has 1 aromatic heterocycles. The van der Waals surface area contributed by atoms with Gasteiger partial charge in [-0.1, -0.05) is 6.92 Å². The van der Waals surface area contributed by atoms with Crippen molar-refractivity contribution in [3.63, 3.8) is 0 Å². The summed E-state index contributed by atoms with van der Waals surface area (Å²) >= 11 is 0. The van der Waals surface area contributed by atoms with Crippen LogP contribution >= 0.6 is 0 Å². The maximum Gasteiger partial charge on any atom is 0.254 e. The highest BCUT2D eigenvalue weighted by atomic mass is 16.5. The third kappa shape index (κ3) is 2.73. The number of aromatic nitrogens is 2. The molecule has 2 rings (SSSR count). The smallest absolute Gasteiger partial charge is 0.254 e. The molecule has 0 bridgehead atoms. The van der Waals surface area contributed by atoms with E-state index in [1.165, 1.54) is 0 Å². The summed E-state index contributed by atoms with van der Waals surface area (Å²) < 4.78 is 6.02. The van der Waals surface area contributed by atoms with Gasteiger partial charge in [-0.3, -0.25) is 4.79 Å². The fourth-order valence-corrected chi connectivity index (χ4v) is 2.82. The highest BCUT2D eigenvalue weighted by molar-refractivity contribution is 5.17. The Balaban J connectivity index is 2.42. The average Bonchev–Trinajstić information content (AvgIpc) is 2.38. The highest BCUT2D eigenvalue weighted by Crippen LogP contribution is 2.40. The predicted molar refractivity (Wildman–Crippen MR) is 75.3 cm³/mol. The Labute approximate surface area is 114 Å². The zero-order chi connectivity index (χ0) is 14.0. The maximum absolute atomic E-state index is 12.0. The van der Waals surface area contributed by atoms with Gasteiger partial charge >= 0.3 is 0 Å². The van der Waals surface area contributed by atoms with E-state index in [-0.39, 0.29) is 11.2 Å². The first-order valence-electron chi connectivity index (χ1n) is 7.20. The molecule has 0 saturated heterocycles. The SMILES string of the molecule is CCOC1(c2nc(C)c(C)c(=O)[nH]2)CCC(C)CC1. The Morgan fingerprint density at radius 3 is 2.53 bits per heavy atom. The number of ether oxygens (including phenoxy) is 1. The molecule has 0 aromatic carbocycles. The van der Waals surface area contributed by atoms with E-state index in [9.17, 15) is 4.79 Å². The zero-order valence-corrected chi connectivity index (χ0v) is 12.4. The minimum Gasteiger partial charge on any atom is -0.367 e. The van der Waals surface area contributed by atoms with Gasteiger partial charge in [0.2, 0.25) is 0 Å². The molecule has 4 heteroatoms. The van der Waals surface area contributed by atoms with Gasteiger partial charge < -0.3 is 9.72 Å². The molecule has 4 nitrogen and oxygen atoms in total. The lowest BCUT2D eigenvalue weighted by Crippen LogP contribution is -2.38. The van der Waals surface area contributed by atoms with Crippen LogP contribution in [0, 0.1) is 19.8 Å². The number of nitrogens with one attached hydrogen (secondary N) is 1. The van der Waals surface area contributed by atoms with Gasteiger partial charge in [-0.25, -0.2) is 4.98 Å². The molecule has 0 radical (unpaired) electrons. The van der Waals surface area contributed by atoms with Crippen molar-refractivity contribution in [2.75, 3.05) is 6.61 Å². The summed E-state index contributed by atoms with van der Waals surface area (Å²) in [5.74, 6) is 1.45. The number of aromatic amines is 1. The van der Waals surface area contributed by atoms with Crippen molar-refractivity contribution in [3.8, 4) is 0 Å². The minimum absolute atomic E-state index is 0.0415. The summed E-state index contributed by atoms with van der Waals surface area (Å²) in [6, 6.07) is 0. The van der Waals surface area contributed by atoms with Crippen molar-refractivity contribution in [2.45, 2.75) is 59.0 Å². The summed E-state index contributed by atoms with van der Waals surface area (Å²) in [5, 5.41) is 0. The van der Waals surface area contributed by atoms with Gasteiger partial charge in [0.15, 0.2) is 0 Å². The highest BCUT2D eigenvalue weighted by Gasteiger charge is 2.39. The van der Waals surface area contributed by atoms with Gasteiger partial charge in [0.1, 0.15) is 11.4 Å². The van der Waals surface area contributed by atoms with Crippen LogP contribution in [0.5, 0.6) is 0 Å². The molecule has 106 valence electrons. The van der Waals surface area contributed by atoms with Gasteiger partial charge in [-0.2, -0.15) is 0 Å². The summed E-state index contributed by atoms with van der Waals surface area (Å²) in [6.45, 7) is 8.61. The molecule has 1 fully saturated rings. The number of rotatable bonds is 3. The first kappa shape index (κ1) is 14.3. The van der Waals surface area contributed by atoms with Gasteiger partial charge in [0.25, 0.3) is 5.56 Å². The van der Waals surface area contributed by atoms with Crippen molar-refractivity contribution in [1.82, 2.24) is 9.97 Å². The Morgan fingerprint density at radius 1 is 1.37 bits per heavy atom. The van der Waals surface area contributed by atoms with Crippen LogP contribution in [0.15, 0.2) is 4.79 Å². The number of aryl methyl sites for hydroxylation is 1.